The van der Waals surface area contributed by atoms with E-state index < -0.39 is 17.6 Å². The first-order valence-corrected chi connectivity index (χ1v) is 13.0. The smallest absolute Gasteiger partial charge is 0.376 e. The number of amides is 1. The molecule has 0 spiro atoms. The zero-order chi connectivity index (χ0) is 27.4. The number of halogens is 3. The third-order valence-corrected chi connectivity index (χ3v) is 7.08. The summed E-state index contributed by atoms with van der Waals surface area (Å²) in [4.78, 5) is 24.3. The van der Waals surface area contributed by atoms with E-state index in [9.17, 15) is 18.0 Å². The molecule has 1 aliphatic rings. The van der Waals surface area contributed by atoms with Gasteiger partial charge in [-0.15, -0.1) is 0 Å². The van der Waals surface area contributed by atoms with E-state index in [1.807, 2.05) is 47.5 Å². The molecular weight excluding hydrogens is 505 g/mol. The SMILES string of the molecule is CCN1CCN(Cc2ccc(NC(=O)CNc3ccc(-c4cnc5[nH]ccc5c4)cc3)cc2C(F)(F)F)CC1. The molecule has 1 saturated heterocycles. The number of carbonyl (C=O) groups excluding carboxylic acids is 1. The maximum atomic E-state index is 13.9. The van der Waals surface area contributed by atoms with Gasteiger partial charge in [0.15, 0.2) is 0 Å². The summed E-state index contributed by atoms with van der Waals surface area (Å²) in [6.45, 7) is 6.34. The molecule has 1 fully saturated rings. The van der Waals surface area contributed by atoms with E-state index >= 15 is 0 Å². The number of anilines is 2. The van der Waals surface area contributed by atoms with Crippen LogP contribution in [-0.2, 0) is 17.5 Å². The van der Waals surface area contributed by atoms with E-state index in [0.29, 0.717) is 0 Å². The zero-order valence-electron chi connectivity index (χ0n) is 21.7. The maximum Gasteiger partial charge on any atom is 0.416 e. The summed E-state index contributed by atoms with van der Waals surface area (Å²) in [6, 6.07) is 15.6. The number of aromatic nitrogens is 2. The van der Waals surface area contributed by atoms with Gasteiger partial charge in [-0.25, -0.2) is 4.98 Å². The fourth-order valence-electron chi connectivity index (χ4n) is 4.83. The van der Waals surface area contributed by atoms with E-state index in [2.05, 4.69) is 32.4 Å². The Morgan fingerprint density at radius 2 is 1.67 bits per heavy atom. The van der Waals surface area contributed by atoms with Crippen LogP contribution in [0, 0.1) is 0 Å². The van der Waals surface area contributed by atoms with Gasteiger partial charge in [0.05, 0.1) is 12.1 Å². The number of likely N-dealkylation sites (N-methyl/N-ethyl adjacent to an activating group) is 1. The number of fused-ring (bicyclic) bond motifs is 1. The molecule has 39 heavy (non-hydrogen) atoms. The van der Waals surface area contributed by atoms with Gasteiger partial charge in [0, 0.05) is 67.4 Å². The number of pyridine rings is 1. The fourth-order valence-corrected chi connectivity index (χ4v) is 4.83. The fraction of sp³-hybridized carbons (Fsp3) is 0.310. The highest BCUT2D eigenvalue weighted by Crippen LogP contribution is 2.34. The van der Waals surface area contributed by atoms with Gasteiger partial charge in [0.25, 0.3) is 0 Å². The second-order valence-electron chi connectivity index (χ2n) is 9.70. The van der Waals surface area contributed by atoms with Gasteiger partial charge in [-0.3, -0.25) is 9.69 Å². The maximum absolute atomic E-state index is 13.9. The van der Waals surface area contributed by atoms with E-state index in [0.717, 1.165) is 66.6 Å². The van der Waals surface area contributed by atoms with Gasteiger partial charge in [-0.2, -0.15) is 13.2 Å². The quantitative estimate of drug-likeness (QED) is 0.280. The highest BCUT2D eigenvalue weighted by Gasteiger charge is 2.34. The van der Waals surface area contributed by atoms with Crippen molar-refractivity contribution in [2.75, 3.05) is 49.9 Å². The lowest BCUT2D eigenvalue weighted by molar-refractivity contribution is -0.138. The van der Waals surface area contributed by atoms with Gasteiger partial charge in [-0.1, -0.05) is 25.1 Å². The molecule has 5 rings (SSSR count). The largest absolute Gasteiger partial charge is 0.416 e. The molecule has 3 N–H and O–H groups in total. The molecule has 2 aromatic heterocycles. The Labute approximate surface area is 225 Å². The average Bonchev–Trinajstić information content (AvgIpc) is 3.41. The number of piperazine rings is 1. The van der Waals surface area contributed by atoms with Crippen LogP contribution in [-0.4, -0.2) is 64.9 Å². The summed E-state index contributed by atoms with van der Waals surface area (Å²) >= 11 is 0. The van der Waals surface area contributed by atoms with Gasteiger partial charge >= 0.3 is 6.18 Å². The second-order valence-corrected chi connectivity index (χ2v) is 9.70. The topological polar surface area (TPSA) is 76.3 Å². The lowest BCUT2D eigenvalue weighted by atomic mass is 10.0. The van der Waals surface area contributed by atoms with Crippen molar-refractivity contribution in [1.29, 1.82) is 0 Å². The Hall–Kier alpha value is -3.89. The summed E-state index contributed by atoms with van der Waals surface area (Å²) in [6.07, 6.45) is -0.878. The molecule has 4 aromatic rings. The van der Waals surface area contributed by atoms with Crippen LogP contribution in [0.15, 0.2) is 67.0 Å². The number of benzene rings is 2. The molecule has 1 aliphatic heterocycles. The van der Waals surface area contributed by atoms with Crippen LogP contribution >= 0.6 is 0 Å². The Bertz CT molecular complexity index is 1430. The first-order chi connectivity index (χ1) is 18.8. The van der Waals surface area contributed by atoms with Crippen LogP contribution in [0.1, 0.15) is 18.1 Å². The number of aromatic amines is 1. The first kappa shape index (κ1) is 26.7. The zero-order valence-corrected chi connectivity index (χ0v) is 21.7. The van der Waals surface area contributed by atoms with Gasteiger partial charge in [-0.05, 0) is 54.1 Å². The Morgan fingerprint density at radius 3 is 2.38 bits per heavy atom. The van der Waals surface area contributed by atoms with E-state index in [4.69, 9.17) is 0 Å². The highest BCUT2D eigenvalue weighted by atomic mass is 19.4. The van der Waals surface area contributed by atoms with Crippen molar-refractivity contribution in [2.45, 2.75) is 19.6 Å². The average molecular weight is 537 g/mol. The molecule has 10 heteroatoms. The summed E-state index contributed by atoms with van der Waals surface area (Å²) in [5, 5.41) is 6.63. The van der Waals surface area contributed by atoms with Crippen LogP contribution in [0.5, 0.6) is 0 Å². The number of carbonyl (C=O) groups is 1. The first-order valence-electron chi connectivity index (χ1n) is 13.0. The Kier molecular flexibility index (Phi) is 7.85. The minimum Gasteiger partial charge on any atom is -0.376 e. The lowest BCUT2D eigenvalue weighted by Gasteiger charge is -2.34. The molecule has 2 aromatic carbocycles. The predicted molar refractivity (Wildman–Crippen MR) is 147 cm³/mol. The van der Waals surface area contributed by atoms with Crippen molar-refractivity contribution in [3.63, 3.8) is 0 Å². The molecule has 0 aliphatic carbocycles. The van der Waals surface area contributed by atoms with Crippen LogP contribution in [0.3, 0.4) is 0 Å². The number of nitrogens with one attached hydrogen (secondary N) is 3. The van der Waals surface area contributed by atoms with Crippen LogP contribution in [0.4, 0.5) is 24.5 Å². The second kappa shape index (κ2) is 11.5. The standard InChI is InChI=1S/C29H31F3N6O/c1-2-37-11-13-38(14-12-37)19-22-5-8-25(16-26(22)29(30,31)32)36-27(39)18-34-24-6-3-20(4-7-24)23-15-21-9-10-33-28(21)35-17-23/h3-10,15-17,34H,2,11-14,18-19H2,1H3,(H,33,35)(H,36,39). The van der Waals surface area contributed by atoms with Crippen LogP contribution in [0.25, 0.3) is 22.2 Å². The molecule has 0 unspecified atom stereocenters. The monoisotopic (exact) mass is 536 g/mol. The van der Waals surface area contributed by atoms with Gasteiger partial charge in [0.2, 0.25) is 5.91 Å². The summed E-state index contributed by atoms with van der Waals surface area (Å²) in [5.41, 5.74) is 3.12. The minimum atomic E-state index is -4.51. The number of nitrogens with zero attached hydrogens (tertiary/aromatic N) is 3. The molecule has 204 valence electrons. The molecule has 3 heterocycles. The van der Waals surface area contributed by atoms with Crippen molar-refractivity contribution in [2.24, 2.45) is 0 Å². The number of hydrogen-bond donors (Lipinski definition) is 3. The number of rotatable bonds is 8. The van der Waals surface area contributed by atoms with E-state index in [-0.39, 0.29) is 24.3 Å². The summed E-state index contributed by atoms with van der Waals surface area (Å²) in [5.74, 6) is -0.433. The van der Waals surface area contributed by atoms with Crippen LogP contribution in [0.2, 0.25) is 0 Å². The van der Waals surface area contributed by atoms with Gasteiger partial charge < -0.3 is 20.5 Å². The molecule has 0 saturated carbocycles. The molecule has 0 bridgehead atoms. The summed E-state index contributed by atoms with van der Waals surface area (Å²) in [7, 11) is 0. The van der Waals surface area contributed by atoms with E-state index in [1.54, 1.807) is 6.20 Å². The van der Waals surface area contributed by atoms with Gasteiger partial charge in [0.1, 0.15) is 5.65 Å². The number of alkyl halides is 3. The van der Waals surface area contributed by atoms with Crippen molar-refractivity contribution in [1.82, 2.24) is 19.8 Å². The normalized spacial score (nSPS) is 15.0. The van der Waals surface area contributed by atoms with Crippen molar-refractivity contribution in [3.05, 3.63) is 78.1 Å². The summed E-state index contributed by atoms with van der Waals surface area (Å²) < 4.78 is 41.6. The predicted octanol–water partition coefficient (Wildman–Crippen LogP) is 5.44. The molecule has 1 amide bonds. The molecule has 0 radical (unpaired) electrons. The molecular formula is C29H31F3N6O. The Balaban J connectivity index is 1.18. The highest BCUT2D eigenvalue weighted by molar-refractivity contribution is 5.94. The van der Waals surface area contributed by atoms with Crippen molar-refractivity contribution >= 4 is 28.3 Å². The van der Waals surface area contributed by atoms with Crippen molar-refractivity contribution < 1.29 is 18.0 Å². The third kappa shape index (κ3) is 6.58. The molecule has 7 nitrogen and oxygen atoms in total. The van der Waals surface area contributed by atoms with Crippen LogP contribution < -0.4 is 10.6 Å². The lowest BCUT2D eigenvalue weighted by Crippen LogP contribution is -2.45. The van der Waals surface area contributed by atoms with Crippen molar-refractivity contribution in [3.8, 4) is 11.1 Å². The van der Waals surface area contributed by atoms with E-state index in [1.165, 1.54) is 12.1 Å². The third-order valence-electron chi connectivity index (χ3n) is 7.08. The Morgan fingerprint density at radius 1 is 0.949 bits per heavy atom. The molecule has 0 atom stereocenters. The minimum absolute atomic E-state index is 0.0823. The number of H-pyrrole nitrogens is 1. The number of hydrogen-bond acceptors (Lipinski definition) is 5.